The molecule has 1 aliphatic rings. The van der Waals surface area contributed by atoms with E-state index in [1.807, 2.05) is 18.3 Å². The molecule has 1 aromatic heterocycles. The van der Waals surface area contributed by atoms with Gasteiger partial charge < -0.3 is 5.11 Å². The third-order valence-corrected chi connectivity index (χ3v) is 3.43. The van der Waals surface area contributed by atoms with Crippen molar-refractivity contribution in [3.8, 4) is 0 Å². The van der Waals surface area contributed by atoms with Gasteiger partial charge in [0.25, 0.3) is 0 Å². The molecule has 1 heterocycles. The second-order valence-corrected chi connectivity index (χ2v) is 4.70. The van der Waals surface area contributed by atoms with Gasteiger partial charge in [0.2, 0.25) is 0 Å². The first-order valence-corrected chi connectivity index (χ1v) is 6.04. The Labute approximate surface area is 97.1 Å². The summed E-state index contributed by atoms with van der Waals surface area (Å²) in [6, 6.07) is 6.64. The summed E-state index contributed by atoms with van der Waals surface area (Å²) in [7, 11) is 2.15. The molecule has 3 nitrogen and oxygen atoms in total. The highest BCUT2D eigenvalue weighted by atomic mass is 16.3. The Morgan fingerprint density at radius 2 is 2.06 bits per heavy atom. The standard InChI is InChI=1S/C13H20N2O/c1-15(10-11-4-2-3-9-14-11)12-5-7-13(16)8-6-12/h2-4,9,12-13,16H,5-8,10H2,1H3/t12-,13-. The van der Waals surface area contributed by atoms with Crippen LogP contribution in [0.25, 0.3) is 0 Å². The Morgan fingerprint density at radius 3 is 2.69 bits per heavy atom. The molecule has 1 aliphatic carbocycles. The van der Waals surface area contributed by atoms with E-state index in [9.17, 15) is 5.11 Å². The topological polar surface area (TPSA) is 36.4 Å². The Kier molecular flexibility index (Phi) is 3.91. The van der Waals surface area contributed by atoms with Crippen LogP contribution in [0.15, 0.2) is 24.4 Å². The third kappa shape index (κ3) is 3.03. The van der Waals surface area contributed by atoms with Crippen molar-refractivity contribution in [2.75, 3.05) is 7.05 Å². The van der Waals surface area contributed by atoms with Crippen LogP contribution in [0.4, 0.5) is 0 Å². The zero-order valence-electron chi connectivity index (χ0n) is 9.84. The molecule has 0 radical (unpaired) electrons. The van der Waals surface area contributed by atoms with Crippen LogP contribution in [0, 0.1) is 0 Å². The van der Waals surface area contributed by atoms with Gasteiger partial charge in [-0.05, 0) is 44.9 Å². The van der Waals surface area contributed by atoms with Crippen molar-refractivity contribution in [1.29, 1.82) is 0 Å². The lowest BCUT2D eigenvalue weighted by atomic mass is 9.92. The summed E-state index contributed by atoms with van der Waals surface area (Å²) in [5, 5.41) is 9.47. The zero-order valence-corrected chi connectivity index (χ0v) is 9.84. The van der Waals surface area contributed by atoms with Crippen LogP contribution >= 0.6 is 0 Å². The van der Waals surface area contributed by atoms with Gasteiger partial charge in [-0.1, -0.05) is 6.07 Å². The number of nitrogens with zero attached hydrogens (tertiary/aromatic N) is 2. The van der Waals surface area contributed by atoms with Gasteiger partial charge in [-0.3, -0.25) is 9.88 Å². The van der Waals surface area contributed by atoms with Gasteiger partial charge in [0.1, 0.15) is 0 Å². The molecule has 0 aromatic carbocycles. The summed E-state index contributed by atoms with van der Waals surface area (Å²) < 4.78 is 0. The van der Waals surface area contributed by atoms with E-state index in [4.69, 9.17) is 0 Å². The van der Waals surface area contributed by atoms with Gasteiger partial charge in [0, 0.05) is 18.8 Å². The number of aliphatic hydroxyl groups is 1. The van der Waals surface area contributed by atoms with Gasteiger partial charge in [0.05, 0.1) is 11.8 Å². The molecule has 3 heteroatoms. The lowest BCUT2D eigenvalue weighted by Gasteiger charge is -2.32. The normalized spacial score (nSPS) is 25.9. The van der Waals surface area contributed by atoms with Crippen molar-refractivity contribution in [2.45, 2.75) is 44.4 Å². The van der Waals surface area contributed by atoms with Crippen LogP contribution in [0.5, 0.6) is 0 Å². The SMILES string of the molecule is CN(Cc1ccccn1)[C@H]1CC[C@H](O)CC1. The molecule has 0 bridgehead atoms. The maximum absolute atomic E-state index is 9.47. The number of pyridine rings is 1. The summed E-state index contributed by atoms with van der Waals surface area (Å²) in [5.74, 6) is 0. The highest BCUT2D eigenvalue weighted by Gasteiger charge is 2.22. The molecular weight excluding hydrogens is 200 g/mol. The van der Waals surface area contributed by atoms with Gasteiger partial charge in [0.15, 0.2) is 0 Å². The molecule has 0 spiro atoms. The van der Waals surface area contributed by atoms with E-state index in [1.165, 1.54) is 0 Å². The van der Waals surface area contributed by atoms with Gasteiger partial charge in [-0.25, -0.2) is 0 Å². The molecule has 0 unspecified atom stereocenters. The second-order valence-electron chi connectivity index (χ2n) is 4.70. The summed E-state index contributed by atoms with van der Waals surface area (Å²) in [5.41, 5.74) is 1.12. The number of hydrogen-bond acceptors (Lipinski definition) is 3. The molecule has 1 aromatic rings. The fourth-order valence-corrected chi connectivity index (χ4v) is 2.38. The van der Waals surface area contributed by atoms with Crippen LogP contribution in [0.1, 0.15) is 31.4 Å². The molecule has 2 rings (SSSR count). The molecule has 1 saturated carbocycles. The first-order chi connectivity index (χ1) is 7.75. The van der Waals surface area contributed by atoms with Gasteiger partial charge >= 0.3 is 0 Å². The zero-order chi connectivity index (χ0) is 11.4. The highest BCUT2D eigenvalue weighted by molar-refractivity contribution is 5.03. The van der Waals surface area contributed by atoms with E-state index in [1.54, 1.807) is 0 Å². The molecule has 1 N–H and O–H groups in total. The van der Waals surface area contributed by atoms with Crippen LogP contribution in [0.2, 0.25) is 0 Å². The van der Waals surface area contributed by atoms with Crippen molar-refractivity contribution in [2.24, 2.45) is 0 Å². The van der Waals surface area contributed by atoms with E-state index in [2.05, 4.69) is 23.0 Å². The molecule has 88 valence electrons. The Bertz CT molecular complexity index is 307. The predicted octanol–water partition coefficient (Wildman–Crippen LogP) is 1.82. The van der Waals surface area contributed by atoms with Crippen molar-refractivity contribution in [1.82, 2.24) is 9.88 Å². The van der Waals surface area contributed by atoms with Crippen molar-refractivity contribution in [3.05, 3.63) is 30.1 Å². The average Bonchev–Trinajstić information content (AvgIpc) is 2.31. The number of hydrogen-bond donors (Lipinski definition) is 1. The van der Waals surface area contributed by atoms with E-state index < -0.39 is 0 Å². The molecule has 1 fully saturated rings. The molecule has 0 atom stereocenters. The summed E-state index contributed by atoms with van der Waals surface area (Å²) >= 11 is 0. The van der Waals surface area contributed by atoms with E-state index in [0.717, 1.165) is 37.9 Å². The monoisotopic (exact) mass is 220 g/mol. The fraction of sp³-hybridized carbons (Fsp3) is 0.615. The average molecular weight is 220 g/mol. The van der Waals surface area contributed by atoms with Crippen molar-refractivity contribution in [3.63, 3.8) is 0 Å². The van der Waals surface area contributed by atoms with E-state index in [0.29, 0.717) is 6.04 Å². The lowest BCUT2D eigenvalue weighted by molar-refractivity contribution is 0.0814. The van der Waals surface area contributed by atoms with Crippen molar-refractivity contribution < 1.29 is 5.11 Å². The Morgan fingerprint density at radius 1 is 1.31 bits per heavy atom. The fourth-order valence-electron chi connectivity index (χ4n) is 2.38. The minimum atomic E-state index is -0.0699. The van der Waals surface area contributed by atoms with Gasteiger partial charge in [-0.15, -0.1) is 0 Å². The maximum Gasteiger partial charge on any atom is 0.0543 e. The summed E-state index contributed by atoms with van der Waals surface area (Å²) in [6.45, 7) is 0.904. The molecule has 0 saturated heterocycles. The Hall–Kier alpha value is -0.930. The summed E-state index contributed by atoms with van der Waals surface area (Å²) in [6.07, 6.45) is 5.86. The number of rotatable bonds is 3. The molecule has 0 amide bonds. The van der Waals surface area contributed by atoms with Crippen LogP contribution in [-0.4, -0.2) is 34.2 Å². The molecule has 0 aliphatic heterocycles. The largest absolute Gasteiger partial charge is 0.393 e. The van der Waals surface area contributed by atoms with Crippen LogP contribution in [0.3, 0.4) is 0 Å². The van der Waals surface area contributed by atoms with Crippen LogP contribution < -0.4 is 0 Å². The number of aromatic nitrogens is 1. The smallest absolute Gasteiger partial charge is 0.0543 e. The minimum absolute atomic E-state index is 0.0699. The Balaban J connectivity index is 1.86. The van der Waals surface area contributed by atoms with E-state index in [-0.39, 0.29) is 6.10 Å². The maximum atomic E-state index is 9.47. The van der Waals surface area contributed by atoms with Crippen molar-refractivity contribution >= 4 is 0 Å². The predicted molar refractivity (Wildman–Crippen MR) is 64.0 cm³/mol. The van der Waals surface area contributed by atoms with E-state index >= 15 is 0 Å². The quantitative estimate of drug-likeness (QED) is 0.844. The lowest BCUT2D eigenvalue weighted by Crippen LogP contribution is -2.36. The minimum Gasteiger partial charge on any atom is -0.393 e. The van der Waals surface area contributed by atoms with Gasteiger partial charge in [-0.2, -0.15) is 0 Å². The molecule has 16 heavy (non-hydrogen) atoms. The highest BCUT2D eigenvalue weighted by Crippen LogP contribution is 2.22. The number of aliphatic hydroxyl groups excluding tert-OH is 1. The first kappa shape index (κ1) is 11.6. The third-order valence-electron chi connectivity index (χ3n) is 3.43. The summed E-state index contributed by atoms with van der Waals surface area (Å²) in [4.78, 5) is 6.69. The van der Waals surface area contributed by atoms with Crippen LogP contribution in [-0.2, 0) is 6.54 Å². The first-order valence-electron chi connectivity index (χ1n) is 6.04. The second kappa shape index (κ2) is 5.41. The molecular formula is C13H20N2O.